The van der Waals surface area contributed by atoms with Crippen LogP contribution in [0.25, 0.3) is 22.3 Å². The monoisotopic (exact) mass is 586 g/mol. The number of rotatable bonds is 9. The summed E-state index contributed by atoms with van der Waals surface area (Å²) in [6.45, 7) is 4.10. The van der Waals surface area contributed by atoms with E-state index in [4.69, 9.17) is 16.2 Å². The van der Waals surface area contributed by atoms with Crippen LogP contribution in [0.1, 0.15) is 26.2 Å². The van der Waals surface area contributed by atoms with Gasteiger partial charge in [-0.05, 0) is 25.9 Å². The van der Waals surface area contributed by atoms with Crippen molar-refractivity contribution < 1.29 is 16.4 Å². The Hall–Kier alpha value is -3.48. The molecule has 2 fully saturated rings. The van der Waals surface area contributed by atoms with Crippen LogP contribution in [0, 0.1) is 0 Å². The number of aromatic amines is 1. The second kappa shape index (κ2) is 11.8. The molecule has 1 unspecified atom stereocenters. The highest BCUT2D eigenvalue weighted by molar-refractivity contribution is 7.99. The van der Waals surface area contributed by atoms with Crippen LogP contribution in [-0.4, -0.2) is 110 Å². The number of nitrogens with one attached hydrogen (secondary N) is 2. The highest BCUT2D eigenvalue weighted by Crippen LogP contribution is 2.35. The van der Waals surface area contributed by atoms with Crippen molar-refractivity contribution in [2.24, 2.45) is 0 Å². The predicted molar refractivity (Wildman–Crippen MR) is 154 cm³/mol. The molecule has 0 spiro atoms. The SMILES string of the molecule is Nc1nc2ncc(CNCCN3CCC(SC[C@H]4O[C@@H](n5cnc6c(N)ncnc65)[C@@H](O)C4O)CC3)nc2c(=O)[nH]1.[HH]. The van der Waals surface area contributed by atoms with Crippen LogP contribution in [-0.2, 0) is 11.3 Å². The average Bonchev–Trinajstić information content (AvgIpc) is 3.52. The van der Waals surface area contributed by atoms with E-state index in [1.807, 2.05) is 0 Å². The van der Waals surface area contributed by atoms with E-state index >= 15 is 0 Å². The van der Waals surface area contributed by atoms with E-state index in [9.17, 15) is 15.0 Å². The third-order valence-corrected chi connectivity index (χ3v) is 8.89. The normalized spacial score (nSPS) is 24.0. The Bertz CT molecular complexity index is 1580. The van der Waals surface area contributed by atoms with Gasteiger partial charge in [0.1, 0.15) is 24.1 Å². The lowest BCUT2D eigenvalue weighted by Crippen LogP contribution is -2.39. The third kappa shape index (κ3) is 5.81. The number of nitrogens with zero attached hydrogens (tertiary/aromatic N) is 8. The number of nitrogen functional groups attached to an aromatic ring is 2. The van der Waals surface area contributed by atoms with Gasteiger partial charge in [0.25, 0.3) is 5.56 Å². The fourth-order valence-corrected chi connectivity index (χ4v) is 6.47. The van der Waals surface area contributed by atoms with Crippen molar-refractivity contribution in [2.75, 3.05) is 43.4 Å². The molecule has 0 amide bonds. The van der Waals surface area contributed by atoms with Crippen molar-refractivity contribution in [3.63, 3.8) is 0 Å². The lowest BCUT2D eigenvalue weighted by molar-refractivity contribution is -0.0289. The smallest absolute Gasteiger partial charge is 0.280 e. The van der Waals surface area contributed by atoms with E-state index in [1.54, 1.807) is 22.5 Å². The molecule has 2 aliphatic rings. The quantitative estimate of drug-likeness (QED) is 0.127. The molecule has 4 aromatic rings. The first-order valence-electron chi connectivity index (χ1n) is 13.4. The third-order valence-electron chi connectivity index (χ3n) is 7.43. The number of fused-ring (bicyclic) bond motifs is 2. The Labute approximate surface area is 239 Å². The number of anilines is 2. The predicted octanol–water partition coefficient (Wildman–Crippen LogP) is -1.13. The lowest BCUT2D eigenvalue weighted by Gasteiger charge is -2.32. The zero-order valence-corrected chi connectivity index (χ0v) is 22.9. The van der Waals surface area contributed by atoms with Crippen molar-refractivity contribution in [2.45, 2.75) is 49.2 Å². The minimum atomic E-state index is -1.11. The van der Waals surface area contributed by atoms with E-state index in [2.05, 4.69) is 45.1 Å². The number of H-pyrrole nitrogens is 1. The summed E-state index contributed by atoms with van der Waals surface area (Å²) in [7, 11) is 0. The van der Waals surface area contributed by atoms with Crippen molar-refractivity contribution in [1.29, 1.82) is 0 Å². The van der Waals surface area contributed by atoms with Crippen LogP contribution in [0.2, 0.25) is 0 Å². The molecular formula is C24H34N12O4S. The number of nitrogens with two attached hydrogens (primary N) is 2. The Balaban J connectivity index is 0.00000353. The maximum Gasteiger partial charge on any atom is 0.280 e. The highest BCUT2D eigenvalue weighted by atomic mass is 32.2. The molecule has 0 aromatic carbocycles. The number of hydrogen-bond acceptors (Lipinski definition) is 15. The van der Waals surface area contributed by atoms with Gasteiger partial charge in [-0.3, -0.25) is 14.3 Å². The van der Waals surface area contributed by atoms with Gasteiger partial charge in [0.2, 0.25) is 5.95 Å². The van der Waals surface area contributed by atoms with Gasteiger partial charge >= 0.3 is 0 Å². The van der Waals surface area contributed by atoms with Gasteiger partial charge in [0.05, 0.1) is 24.3 Å². The van der Waals surface area contributed by atoms with Crippen molar-refractivity contribution in [3.05, 3.63) is 34.9 Å². The van der Waals surface area contributed by atoms with Gasteiger partial charge in [-0.25, -0.2) is 24.9 Å². The molecule has 0 radical (unpaired) electrons. The maximum atomic E-state index is 12.0. The zero-order chi connectivity index (χ0) is 28.5. The number of aliphatic hydroxyl groups excluding tert-OH is 2. The van der Waals surface area contributed by atoms with Crippen LogP contribution in [0.3, 0.4) is 0 Å². The summed E-state index contributed by atoms with van der Waals surface area (Å²) in [5.41, 5.74) is 13.0. The molecule has 16 nitrogen and oxygen atoms in total. The Morgan fingerprint density at radius 1 is 1.12 bits per heavy atom. The first-order chi connectivity index (χ1) is 19.9. The molecule has 6 heterocycles. The topological polar surface area (TPSA) is 232 Å². The Morgan fingerprint density at radius 2 is 1.95 bits per heavy atom. The molecule has 2 aliphatic heterocycles. The summed E-state index contributed by atoms with van der Waals surface area (Å²) in [5, 5.41) is 25.2. The van der Waals surface area contributed by atoms with E-state index in [-0.39, 0.29) is 24.4 Å². The fraction of sp³-hybridized carbons (Fsp3) is 0.542. The van der Waals surface area contributed by atoms with Crippen molar-refractivity contribution >= 4 is 45.9 Å². The van der Waals surface area contributed by atoms with Crippen LogP contribution in [0.15, 0.2) is 23.6 Å². The molecule has 17 heteroatoms. The van der Waals surface area contributed by atoms with Gasteiger partial charge in [-0.15, -0.1) is 0 Å². The van der Waals surface area contributed by atoms with Gasteiger partial charge < -0.3 is 36.6 Å². The first kappa shape index (κ1) is 27.7. The largest absolute Gasteiger partial charge is 0.387 e. The van der Waals surface area contributed by atoms with Crippen molar-refractivity contribution in [1.82, 2.24) is 49.7 Å². The first-order valence-corrected chi connectivity index (χ1v) is 14.4. The number of hydrogen-bond donors (Lipinski definition) is 6. The summed E-state index contributed by atoms with van der Waals surface area (Å²) >= 11 is 1.77. The summed E-state index contributed by atoms with van der Waals surface area (Å²) < 4.78 is 7.67. The minimum absolute atomic E-state index is 0. The number of thioether (sulfide) groups is 1. The summed E-state index contributed by atoms with van der Waals surface area (Å²) in [4.78, 5) is 41.8. The molecule has 8 N–H and O–H groups in total. The molecule has 0 bridgehead atoms. The number of likely N-dealkylation sites (tertiary alicyclic amines) is 1. The van der Waals surface area contributed by atoms with Gasteiger partial charge in [-0.1, -0.05) is 0 Å². The molecule has 2 saturated heterocycles. The molecule has 6 rings (SSSR count). The second-order valence-electron chi connectivity index (χ2n) is 10.2. The lowest BCUT2D eigenvalue weighted by atomic mass is 10.1. The molecule has 220 valence electrons. The van der Waals surface area contributed by atoms with Crippen LogP contribution in [0.5, 0.6) is 0 Å². The summed E-state index contributed by atoms with van der Waals surface area (Å²) in [5.74, 6) is 0.836. The number of aliphatic hydroxyl groups is 2. The van der Waals surface area contributed by atoms with E-state index in [0.717, 1.165) is 39.0 Å². The van der Waals surface area contributed by atoms with E-state index in [0.29, 0.717) is 34.4 Å². The summed E-state index contributed by atoms with van der Waals surface area (Å²) in [6, 6.07) is 0. The van der Waals surface area contributed by atoms with Gasteiger partial charge in [0, 0.05) is 32.1 Å². The number of aromatic nitrogens is 8. The fourth-order valence-electron chi connectivity index (χ4n) is 5.19. The number of imidazole rings is 1. The zero-order valence-electron chi connectivity index (χ0n) is 22.1. The van der Waals surface area contributed by atoms with Crippen LogP contribution in [0.4, 0.5) is 11.8 Å². The van der Waals surface area contributed by atoms with E-state index in [1.165, 1.54) is 12.7 Å². The van der Waals surface area contributed by atoms with Crippen LogP contribution < -0.4 is 22.3 Å². The molecular weight excluding hydrogens is 552 g/mol. The number of ether oxygens (including phenoxy) is 1. The standard InChI is InChI=1S/C24H32N12O4S.H2/c25-19-15-21(30-10-29-19)36(11-31-15)23-18(38)17(37)14(40-23)9-41-13-1-4-35(5-2-13)6-3-27-7-12-8-28-20-16(32-12)22(39)34-24(26)33-20;/h8,10-11,13-14,17-18,23,27,37-38H,1-7,9H2,(H2,25,29,30)(H3,26,28,33,34,39);1H/t14-,17?,18+,23-;/m1./s1. The van der Waals surface area contributed by atoms with Gasteiger partial charge in [0.15, 0.2) is 28.9 Å². The van der Waals surface area contributed by atoms with Crippen LogP contribution >= 0.6 is 11.8 Å². The van der Waals surface area contributed by atoms with Gasteiger partial charge in [-0.2, -0.15) is 16.7 Å². The summed E-state index contributed by atoms with van der Waals surface area (Å²) in [6.07, 6.45) is 3.03. The van der Waals surface area contributed by atoms with Crippen molar-refractivity contribution in [3.8, 4) is 0 Å². The molecule has 0 aliphatic carbocycles. The minimum Gasteiger partial charge on any atom is -0.387 e. The molecule has 4 atom stereocenters. The molecule has 41 heavy (non-hydrogen) atoms. The Kier molecular flexibility index (Phi) is 7.96. The maximum absolute atomic E-state index is 12.0. The Morgan fingerprint density at radius 3 is 2.78 bits per heavy atom. The second-order valence-corrected chi connectivity index (χ2v) is 11.5. The average molecular weight is 587 g/mol. The van der Waals surface area contributed by atoms with E-state index < -0.39 is 30.1 Å². The number of piperidine rings is 1. The molecule has 0 saturated carbocycles. The highest BCUT2D eigenvalue weighted by Gasteiger charge is 2.44. The molecule has 4 aromatic heterocycles.